The Balaban J connectivity index is 2.04. The average molecular weight is 390 g/mol. The van der Waals surface area contributed by atoms with E-state index in [0.29, 0.717) is 24.1 Å². The quantitative estimate of drug-likeness (QED) is 0.638. The van der Waals surface area contributed by atoms with Gasteiger partial charge >= 0.3 is 5.97 Å². The minimum absolute atomic E-state index is 0.0457. The molecule has 2 rings (SSSR count). The number of hydrogen-bond donors (Lipinski definition) is 3. The molecule has 0 aliphatic carbocycles. The molecule has 7 nitrogen and oxygen atoms in total. The predicted molar refractivity (Wildman–Crippen MR) is 101 cm³/mol. The molecule has 1 amide bonds. The summed E-state index contributed by atoms with van der Waals surface area (Å²) in [6.07, 6.45) is 0.528. The highest BCUT2D eigenvalue weighted by Crippen LogP contribution is 2.15. The van der Waals surface area contributed by atoms with Gasteiger partial charge in [-0.3, -0.25) is 4.79 Å². The van der Waals surface area contributed by atoms with Gasteiger partial charge in [0, 0.05) is 18.7 Å². The molecule has 3 N–H and O–H groups in total. The molecule has 27 heavy (non-hydrogen) atoms. The van der Waals surface area contributed by atoms with Crippen LogP contribution in [0.3, 0.4) is 0 Å². The van der Waals surface area contributed by atoms with Crippen molar-refractivity contribution in [1.29, 1.82) is 0 Å². The summed E-state index contributed by atoms with van der Waals surface area (Å²) in [7, 11) is -3.64. The van der Waals surface area contributed by atoms with Gasteiger partial charge in [-0.1, -0.05) is 25.1 Å². The van der Waals surface area contributed by atoms with E-state index in [1.54, 1.807) is 32.0 Å². The van der Waals surface area contributed by atoms with Crippen LogP contribution in [0.5, 0.6) is 0 Å². The van der Waals surface area contributed by atoms with Crippen molar-refractivity contribution in [2.45, 2.75) is 25.2 Å². The summed E-state index contributed by atoms with van der Waals surface area (Å²) in [4.78, 5) is 23.3. The number of carboxylic acids is 1. The SMILES string of the molecule is CCNS(=O)(=O)c1ccc(C)c(C(=O)NCCc2ccc(C(=O)O)cc2)c1. The molecule has 2 aromatic rings. The first-order valence-corrected chi connectivity index (χ1v) is 9.93. The third kappa shape index (κ3) is 5.38. The second kappa shape index (κ2) is 8.79. The molecule has 0 radical (unpaired) electrons. The third-order valence-electron chi connectivity index (χ3n) is 4.00. The van der Waals surface area contributed by atoms with Crippen LogP contribution in [0.4, 0.5) is 0 Å². The fraction of sp³-hybridized carbons (Fsp3) is 0.263. The first-order chi connectivity index (χ1) is 12.7. The molecule has 0 saturated heterocycles. The van der Waals surface area contributed by atoms with Gasteiger partial charge in [0.15, 0.2) is 0 Å². The fourth-order valence-electron chi connectivity index (χ4n) is 2.52. The monoisotopic (exact) mass is 390 g/mol. The molecule has 0 heterocycles. The van der Waals surface area contributed by atoms with Crippen LogP contribution in [0.15, 0.2) is 47.4 Å². The van der Waals surface area contributed by atoms with Gasteiger partial charge in [0.1, 0.15) is 0 Å². The Kier molecular flexibility index (Phi) is 6.70. The molecule has 144 valence electrons. The van der Waals surface area contributed by atoms with E-state index < -0.39 is 16.0 Å². The molecule has 0 spiro atoms. The third-order valence-corrected chi connectivity index (χ3v) is 5.54. The van der Waals surface area contributed by atoms with Gasteiger partial charge in [0.25, 0.3) is 5.91 Å². The van der Waals surface area contributed by atoms with Crippen LogP contribution in [-0.2, 0) is 16.4 Å². The van der Waals surface area contributed by atoms with Crippen molar-refractivity contribution in [1.82, 2.24) is 10.0 Å². The van der Waals surface area contributed by atoms with Gasteiger partial charge in [0.05, 0.1) is 10.5 Å². The zero-order chi connectivity index (χ0) is 20.0. The standard InChI is InChI=1S/C19H22N2O5S/c1-3-21-27(25,26)16-9-4-13(2)17(12-16)18(22)20-11-10-14-5-7-15(8-6-14)19(23)24/h4-9,12,21H,3,10-11H2,1-2H3,(H,20,22)(H,23,24). The van der Waals surface area contributed by atoms with E-state index in [4.69, 9.17) is 5.11 Å². The number of amides is 1. The summed E-state index contributed by atoms with van der Waals surface area (Å²) in [5.41, 5.74) is 2.07. The van der Waals surface area contributed by atoms with Gasteiger partial charge < -0.3 is 10.4 Å². The molecule has 0 fully saturated rings. The van der Waals surface area contributed by atoms with Crippen LogP contribution < -0.4 is 10.0 Å². The van der Waals surface area contributed by atoms with E-state index in [-0.39, 0.29) is 22.9 Å². The van der Waals surface area contributed by atoms with Crippen LogP contribution in [0.2, 0.25) is 0 Å². The van der Waals surface area contributed by atoms with E-state index in [0.717, 1.165) is 5.56 Å². The number of nitrogens with one attached hydrogen (secondary N) is 2. The molecule has 0 atom stereocenters. The van der Waals surface area contributed by atoms with Crippen molar-refractivity contribution in [3.8, 4) is 0 Å². The highest BCUT2D eigenvalue weighted by molar-refractivity contribution is 7.89. The minimum Gasteiger partial charge on any atom is -0.478 e. The molecular formula is C19H22N2O5S. The van der Waals surface area contributed by atoms with E-state index in [1.165, 1.54) is 24.3 Å². The molecule has 0 bridgehead atoms. The Labute approximate surface area is 158 Å². The lowest BCUT2D eigenvalue weighted by Gasteiger charge is -2.11. The van der Waals surface area contributed by atoms with E-state index in [1.807, 2.05) is 0 Å². The van der Waals surface area contributed by atoms with Gasteiger partial charge in [-0.05, 0) is 48.7 Å². The fourth-order valence-corrected chi connectivity index (χ4v) is 3.58. The summed E-state index contributed by atoms with van der Waals surface area (Å²) < 4.78 is 26.6. The number of sulfonamides is 1. The Hall–Kier alpha value is -2.71. The van der Waals surface area contributed by atoms with Gasteiger partial charge in [-0.15, -0.1) is 0 Å². The molecule has 0 aliphatic heterocycles. The van der Waals surface area contributed by atoms with Gasteiger partial charge in [-0.2, -0.15) is 0 Å². The Morgan fingerprint density at radius 3 is 2.33 bits per heavy atom. The first kappa shape index (κ1) is 20.6. The summed E-state index contributed by atoms with van der Waals surface area (Å²) in [6.45, 7) is 4.03. The maximum atomic E-state index is 12.4. The van der Waals surface area contributed by atoms with E-state index in [2.05, 4.69) is 10.0 Å². The molecule has 0 aliphatic rings. The molecule has 8 heteroatoms. The van der Waals surface area contributed by atoms with Gasteiger partial charge in [0.2, 0.25) is 10.0 Å². The van der Waals surface area contributed by atoms with Crippen molar-refractivity contribution in [3.05, 3.63) is 64.7 Å². The largest absolute Gasteiger partial charge is 0.478 e. The predicted octanol–water partition coefficient (Wildman–Crippen LogP) is 1.96. The zero-order valence-corrected chi connectivity index (χ0v) is 16.0. The number of aromatic carboxylic acids is 1. The van der Waals surface area contributed by atoms with Crippen LogP contribution in [0.25, 0.3) is 0 Å². The summed E-state index contributed by atoms with van der Waals surface area (Å²) >= 11 is 0. The summed E-state index contributed by atoms with van der Waals surface area (Å²) in [6, 6.07) is 10.9. The highest BCUT2D eigenvalue weighted by atomic mass is 32.2. The lowest BCUT2D eigenvalue weighted by Crippen LogP contribution is -2.27. The molecular weight excluding hydrogens is 368 g/mol. The van der Waals surface area contributed by atoms with Crippen LogP contribution >= 0.6 is 0 Å². The normalized spacial score (nSPS) is 11.2. The van der Waals surface area contributed by atoms with Crippen molar-refractivity contribution >= 4 is 21.9 Å². The lowest BCUT2D eigenvalue weighted by molar-refractivity contribution is 0.0696. The molecule has 2 aromatic carbocycles. The van der Waals surface area contributed by atoms with Crippen molar-refractivity contribution in [3.63, 3.8) is 0 Å². The number of hydrogen-bond acceptors (Lipinski definition) is 4. The Bertz CT molecular complexity index is 937. The molecule has 0 unspecified atom stereocenters. The number of carbonyl (C=O) groups excluding carboxylic acids is 1. The van der Waals surface area contributed by atoms with Crippen molar-refractivity contribution < 1.29 is 23.1 Å². The maximum Gasteiger partial charge on any atom is 0.335 e. The van der Waals surface area contributed by atoms with Gasteiger partial charge in [-0.25, -0.2) is 17.9 Å². The second-order valence-electron chi connectivity index (χ2n) is 5.99. The van der Waals surface area contributed by atoms with Crippen molar-refractivity contribution in [2.75, 3.05) is 13.1 Å². The topological polar surface area (TPSA) is 113 Å². The minimum atomic E-state index is -3.64. The average Bonchev–Trinajstić information content (AvgIpc) is 2.62. The zero-order valence-electron chi connectivity index (χ0n) is 15.2. The number of rotatable bonds is 8. The summed E-state index contributed by atoms with van der Waals surface area (Å²) in [5.74, 6) is -1.35. The number of carbonyl (C=O) groups is 2. The lowest BCUT2D eigenvalue weighted by atomic mass is 10.1. The first-order valence-electron chi connectivity index (χ1n) is 8.45. The Morgan fingerprint density at radius 1 is 1.07 bits per heavy atom. The molecule has 0 aromatic heterocycles. The maximum absolute atomic E-state index is 12.4. The van der Waals surface area contributed by atoms with Crippen LogP contribution in [-0.4, -0.2) is 38.5 Å². The Morgan fingerprint density at radius 2 is 1.74 bits per heavy atom. The van der Waals surface area contributed by atoms with Crippen LogP contribution in [0.1, 0.15) is 38.8 Å². The molecule has 0 saturated carbocycles. The van der Waals surface area contributed by atoms with Crippen LogP contribution in [0, 0.1) is 6.92 Å². The second-order valence-corrected chi connectivity index (χ2v) is 7.75. The smallest absolute Gasteiger partial charge is 0.335 e. The number of aryl methyl sites for hydroxylation is 1. The van der Waals surface area contributed by atoms with E-state index >= 15 is 0 Å². The summed E-state index contributed by atoms with van der Waals surface area (Å²) in [5, 5.41) is 11.7. The number of benzene rings is 2. The van der Waals surface area contributed by atoms with Crippen molar-refractivity contribution in [2.24, 2.45) is 0 Å². The van der Waals surface area contributed by atoms with E-state index in [9.17, 15) is 18.0 Å². The number of carboxylic acid groups (broad SMARTS) is 1. The highest BCUT2D eigenvalue weighted by Gasteiger charge is 2.17.